The summed E-state index contributed by atoms with van der Waals surface area (Å²) in [4.78, 5) is 23.1. The van der Waals surface area contributed by atoms with E-state index in [1.54, 1.807) is 17.3 Å². The van der Waals surface area contributed by atoms with Crippen LogP contribution in [0, 0.1) is 0 Å². The molecule has 27 heavy (non-hydrogen) atoms. The van der Waals surface area contributed by atoms with Gasteiger partial charge in [0.15, 0.2) is 11.5 Å². The quantitative estimate of drug-likeness (QED) is 0.740. The number of amides is 1. The number of carbonyl (C=O) groups excluding carboxylic acids is 1. The second-order valence-electron chi connectivity index (χ2n) is 6.66. The summed E-state index contributed by atoms with van der Waals surface area (Å²) in [6.07, 6.45) is 3.82. The highest BCUT2D eigenvalue weighted by molar-refractivity contribution is 9.10. The summed E-state index contributed by atoms with van der Waals surface area (Å²) in [6.45, 7) is 3.01. The molecule has 7 nitrogen and oxygen atoms in total. The SMILES string of the molecule is CC1Oc2ccccc2OC1C(=O)N1CCCC(Oc2ncc(Br)cn2)C1. The number of ether oxygens (including phenoxy) is 3. The van der Waals surface area contributed by atoms with E-state index < -0.39 is 6.10 Å². The van der Waals surface area contributed by atoms with Crippen LogP contribution in [0.1, 0.15) is 19.8 Å². The minimum absolute atomic E-state index is 0.0815. The highest BCUT2D eigenvalue weighted by Gasteiger charge is 2.38. The van der Waals surface area contributed by atoms with Crippen LogP contribution in [0.2, 0.25) is 0 Å². The van der Waals surface area contributed by atoms with Crippen LogP contribution in [-0.2, 0) is 4.79 Å². The van der Waals surface area contributed by atoms with Gasteiger partial charge in [0.05, 0.1) is 11.0 Å². The van der Waals surface area contributed by atoms with Gasteiger partial charge >= 0.3 is 6.01 Å². The fourth-order valence-corrected chi connectivity index (χ4v) is 3.52. The molecule has 0 aliphatic carbocycles. The molecule has 1 aromatic heterocycles. The van der Waals surface area contributed by atoms with Crippen molar-refractivity contribution < 1.29 is 19.0 Å². The molecule has 3 atom stereocenters. The number of piperidine rings is 1. The van der Waals surface area contributed by atoms with Crippen LogP contribution in [-0.4, -0.2) is 52.2 Å². The number of carbonyl (C=O) groups is 1. The number of para-hydroxylation sites is 2. The van der Waals surface area contributed by atoms with Crippen molar-refractivity contribution in [1.82, 2.24) is 14.9 Å². The van der Waals surface area contributed by atoms with E-state index in [9.17, 15) is 4.79 Å². The van der Waals surface area contributed by atoms with Crippen LogP contribution >= 0.6 is 15.9 Å². The molecule has 3 heterocycles. The van der Waals surface area contributed by atoms with Gasteiger partial charge in [0.1, 0.15) is 12.2 Å². The van der Waals surface area contributed by atoms with Gasteiger partial charge in [0.25, 0.3) is 5.91 Å². The standard InChI is InChI=1S/C19H20BrN3O4/c1-12-17(27-16-7-3-2-6-15(16)25-12)18(24)23-8-4-5-14(11-23)26-19-21-9-13(20)10-22-19/h2-3,6-7,9-10,12,14,17H,4-5,8,11H2,1H3. The number of likely N-dealkylation sites (tertiary alicyclic amines) is 1. The van der Waals surface area contributed by atoms with E-state index in [-0.39, 0.29) is 18.1 Å². The molecule has 142 valence electrons. The lowest BCUT2D eigenvalue weighted by atomic mass is 10.1. The van der Waals surface area contributed by atoms with Gasteiger partial charge in [0, 0.05) is 18.9 Å². The van der Waals surface area contributed by atoms with E-state index in [2.05, 4.69) is 25.9 Å². The smallest absolute Gasteiger partial charge is 0.316 e. The summed E-state index contributed by atoms with van der Waals surface area (Å²) in [5, 5.41) is 0. The van der Waals surface area contributed by atoms with Gasteiger partial charge in [-0.1, -0.05) is 12.1 Å². The van der Waals surface area contributed by atoms with Crippen LogP contribution in [0.3, 0.4) is 0 Å². The number of fused-ring (bicyclic) bond motifs is 1. The molecule has 1 fully saturated rings. The van der Waals surface area contributed by atoms with Gasteiger partial charge < -0.3 is 19.1 Å². The predicted octanol–water partition coefficient (Wildman–Crippen LogP) is 2.84. The Morgan fingerprint density at radius 3 is 2.67 bits per heavy atom. The van der Waals surface area contributed by atoms with Crippen LogP contribution < -0.4 is 14.2 Å². The van der Waals surface area contributed by atoms with Gasteiger partial charge in [-0.15, -0.1) is 0 Å². The van der Waals surface area contributed by atoms with Crippen molar-refractivity contribution in [2.45, 2.75) is 38.1 Å². The fraction of sp³-hybridized carbons (Fsp3) is 0.421. The molecule has 8 heteroatoms. The summed E-state index contributed by atoms with van der Waals surface area (Å²) in [5.74, 6) is 1.19. The summed E-state index contributed by atoms with van der Waals surface area (Å²) >= 11 is 3.30. The number of hydrogen-bond acceptors (Lipinski definition) is 6. The normalized spacial score (nSPS) is 24.4. The third kappa shape index (κ3) is 4.00. The number of nitrogens with zero attached hydrogens (tertiary/aromatic N) is 3. The van der Waals surface area contributed by atoms with E-state index in [1.165, 1.54) is 0 Å². The first-order chi connectivity index (χ1) is 13.1. The highest BCUT2D eigenvalue weighted by atomic mass is 79.9. The third-order valence-electron chi connectivity index (χ3n) is 4.64. The molecular formula is C19H20BrN3O4. The van der Waals surface area contributed by atoms with Gasteiger partial charge in [-0.25, -0.2) is 9.97 Å². The minimum atomic E-state index is -0.664. The number of hydrogen-bond donors (Lipinski definition) is 0. The number of benzene rings is 1. The largest absolute Gasteiger partial charge is 0.482 e. The van der Waals surface area contributed by atoms with Gasteiger partial charge in [-0.05, 0) is 47.8 Å². The molecule has 2 aromatic rings. The van der Waals surface area contributed by atoms with Crippen molar-refractivity contribution in [3.63, 3.8) is 0 Å². The molecular weight excluding hydrogens is 414 g/mol. The molecule has 1 amide bonds. The minimum Gasteiger partial charge on any atom is -0.482 e. The van der Waals surface area contributed by atoms with Crippen LogP contribution in [0.5, 0.6) is 17.5 Å². The number of aromatic nitrogens is 2. The van der Waals surface area contributed by atoms with Crippen molar-refractivity contribution in [3.05, 3.63) is 41.1 Å². The van der Waals surface area contributed by atoms with Crippen molar-refractivity contribution in [2.24, 2.45) is 0 Å². The number of rotatable bonds is 3. The molecule has 1 aromatic carbocycles. The maximum atomic E-state index is 13.0. The monoisotopic (exact) mass is 433 g/mol. The second kappa shape index (κ2) is 7.72. The van der Waals surface area contributed by atoms with E-state index >= 15 is 0 Å². The summed E-state index contributed by atoms with van der Waals surface area (Å²) in [7, 11) is 0. The van der Waals surface area contributed by atoms with Crippen LogP contribution in [0.25, 0.3) is 0 Å². The Hall–Kier alpha value is -2.35. The van der Waals surface area contributed by atoms with Crippen LogP contribution in [0.4, 0.5) is 0 Å². The van der Waals surface area contributed by atoms with E-state index in [0.29, 0.717) is 30.6 Å². The first kappa shape index (κ1) is 18.0. The Balaban J connectivity index is 1.42. The van der Waals surface area contributed by atoms with Gasteiger partial charge in [0.2, 0.25) is 6.10 Å². The molecule has 0 saturated carbocycles. The van der Waals surface area contributed by atoms with Gasteiger partial charge in [-0.2, -0.15) is 0 Å². The summed E-state index contributed by atoms with van der Waals surface area (Å²) in [5.41, 5.74) is 0. The lowest BCUT2D eigenvalue weighted by Crippen LogP contribution is -2.54. The van der Waals surface area contributed by atoms with Crippen LogP contribution in [0.15, 0.2) is 41.1 Å². The van der Waals surface area contributed by atoms with Gasteiger partial charge in [-0.3, -0.25) is 4.79 Å². The van der Waals surface area contributed by atoms with Crippen molar-refractivity contribution in [1.29, 1.82) is 0 Å². The topological polar surface area (TPSA) is 73.8 Å². The molecule has 4 rings (SSSR count). The zero-order valence-electron chi connectivity index (χ0n) is 14.9. The zero-order valence-corrected chi connectivity index (χ0v) is 16.5. The Labute approximate surface area is 165 Å². The molecule has 0 N–H and O–H groups in total. The van der Waals surface area contributed by atoms with Crippen molar-refractivity contribution in [3.8, 4) is 17.5 Å². The Morgan fingerprint density at radius 1 is 1.22 bits per heavy atom. The number of halogens is 1. The average Bonchev–Trinajstić information content (AvgIpc) is 2.69. The summed E-state index contributed by atoms with van der Waals surface area (Å²) < 4.78 is 18.4. The average molecular weight is 434 g/mol. The van der Waals surface area contributed by atoms with Crippen molar-refractivity contribution >= 4 is 21.8 Å². The fourth-order valence-electron chi connectivity index (χ4n) is 3.32. The van der Waals surface area contributed by atoms with E-state index in [4.69, 9.17) is 14.2 Å². The molecule has 0 radical (unpaired) electrons. The zero-order chi connectivity index (χ0) is 18.8. The lowest BCUT2D eigenvalue weighted by Gasteiger charge is -2.37. The van der Waals surface area contributed by atoms with E-state index in [1.807, 2.05) is 31.2 Å². The first-order valence-electron chi connectivity index (χ1n) is 8.95. The Morgan fingerprint density at radius 2 is 1.93 bits per heavy atom. The second-order valence-corrected chi connectivity index (χ2v) is 7.57. The maximum absolute atomic E-state index is 13.0. The maximum Gasteiger partial charge on any atom is 0.316 e. The Kier molecular flexibility index (Phi) is 5.15. The molecule has 0 spiro atoms. The Bertz CT molecular complexity index is 817. The van der Waals surface area contributed by atoms with E-state index in [0.717, 1.165) is 17.3 Å². The molecule has 2 aliphatic heterocycles. The molecule has 2 aliphatic rings. The lowest BCUT2D eigenvalue weighted by molar-refractivity contribution is -0.147. The predicted molar refractivity (Wildman–Crippen MR) is 101 cm³/mol. The third-order valence-corrected chi connectivity index (χ3v) is 5.05. The highest BCUT2D eigenvalue weighted by Crippen LogP contribution is 2.34. The molecule has 1 saturated heterocycles. The first-order valence-corrected chi connectivity index (χ1v) is 9.75. The molecule has 0 bridgehead atoms. The van der Waals surface area contributed by atoms with Crippen molar-refractivity contribution in [2.75, 3.05) is 13.1 Å². The summed E-state index contributed by atoms with van der Waals surface area (Å²) in [6, 6.07) is 7.72. The molecule has 3 unspecified atom stereocenters.